The molecule has 3 aromatic rings. The van der Waals surface area contributed by atoms with E-state index in [2.05, 4.69) is 0 Å². The maximum absolute atomic E-state index is 13.5. The van der Waals surface area contributed by atoms with Crippen LogP contribution < -0.4 is 9.64 Å². The second-order valence-corrected chi connectivity index (χ2v) is 8.34. The molecule has 0 spiro atoms. The number of ether oxygens (including phenoxy) is 2. The SMILES string of the molecule is Cc1ccc2c(CC(=O)N3C[C@H](C(=O)N4CCOCC4)Oc4ccccc43)coc2c1C. The van der Waals surface area contributed by atoms with Crippen LogP contribution in [0.4, 0.5) is 5.69 Å². The molecule has 1 saturated heterocycles. The van der Waals surface area contributed by atoms with Crippen LogP contribution in [-0.2, 0) is 20.7 Å². The van der Waals surface area contributed by atoms with Gasteiger partial charge < -0.3 is 23.7 Å². The molecule has 3 heterocycles. The van der Waals surface area contributed by atoms with Crippen LogP contribution in [0.1, 0.15) is 16.7 Å². The van der Waals surface area contributed by atoms with Crippen molar-refractivity contribution in [1.29, 1.82) is 0 Å². The molecule has 0 radical (unpaired) electrons. The Morgan fingerprint density at radius 1 is 1.06 bits per heavy atom. The molecule has 2 aromatic carbocycles. The second kappa shape index (κ2) is 8.31. The highest BCUT2D eigenvalue weighted by molar-refractivity contribution is 6.00. The van der Waals surface area contributed by atoms with Gasteiger partial charge in [0.25, 0.3) is 5.91 Å². The summed E-state index contributed by atoms with van der Waals surface area (Å²) in [4.78, 5) is 30.0. The van der Waals surface area contributed by atoms with Crippen molar-refractivity contribution < 1.29 is 23.5 Å². The number of furan rings is 1. The maximum atomic E-state index is 13.5. The molecular weight excluding hydrogens is 408 g/mol. The third-order valence-corrected chi connectivity index (χ3v) is 6.36. The van der Waals surface area contributed by atoms with Gasteiger partial charge in [-0.3, -0.25) is 9.59 Å². The summed E-state index contributed by atoms with van der Waals surface area (Å²) in [5.41, 5.74) is 4.57. The number of carbonyl (C=O) groups is 2. The van der Waals surface area contributed by atoms with Crippen LogP contribution in [-0.4, -0.2) is 55.7 Å². The van der Waals surface area contributed by atoms with Crippen LogP contribution in [0.5, 0.6) is 5.75 Å². The van der Waals surface area contributed by atoms with Gasteiger partial charge >= 0.3 is 0 Å². The molecule has 0 bridgehead atoms. The summed E-state index contributed by atoms with van der Waals surface area (Å²) < 4.78 is 17.2. The molecule has 2 aliphatic rings. The summed E-state index contributed by atoms with van der Waals surface area (Å²) >= 11 is 0. The Bertz CT molecular complexity index is 1180. The zero-order chi connectivity index (χ0) is 22.2. The number of benzene rings is 2. The fraction of sp³-hybridized carbons (Fsp3) is 0.360. The zero-order valence-corrected chi connectivity index (χ0v) is 18.3. The Kier molecular flexibility index (Phi) is 5.35. The van der Waals surface area contributed by atoms with Crippen molar-refractivity contribution in [3.8, 4) is 5.75 Å². The van der Waals surface area contributed by atoms with Crippen LogP contribution in [0.15, 0.2) is 47.1 Å². The largest absolute Gasteiger partial charge is 0.476 e. The van der Waals surface area contributed by atoms with Crippen molar-refractivity contribution in [3.05, 3.63) is 59.4 Å². The van der Waals surface area contributed by atoms with Gasteiger partial charge in [0, 0.05) is 24.0 Å². The van der Waals surface area contributed by atoms with Gasteiger partial charge in [-0.05, 0) is 37.1 Å². The molecule has 0 unspecified atom stereocenters. The first-order valence-corrected chi connectivity index (χ1v) is 10.9. The number of amides is 2. The first-order valence-electron chi connectivity index (χ1n) is 10.9. The summed E-state index contributed by atoms with van der Waals surface area (Å²) in [6.07, 6.45) is 1.11. The van der Waals surface area contributed by atoms with Crippen molar-refractivity contribution in [1.82, 2.24) is 4.90 Å². The highest BCUT2D eigenvalue weighted by Crippen LogP contribution is 2.35. The Morgan fingerprint density at radius 2 is 1.84 bits per heavy atom. The van der Waals surface area contributed by atoms with Gasteiger partial charge in [0.1, 0.15) is 11.3 Å². The van der Waals surface area contributed by atoms with E-state index in [1.54, 1.807) is 22.1 Å². The van der Waals surface area contributed by atoms with E-state index in [9.17, 15) is 9.59 Å². The molecule has 2 aliphatic heterocycles. The van der Waals surface area contributed by atoms with Gasteiger partial charge in [-0.1, -0.05) is 24.3 Å². The van der Waals surface area contributed by atoms with E-state index < -0.39 is 6.10 Å². The topological polar surface area (TPSA) is 72.2 Å². The molecule has 1 fully saturated rings. The van der Waals surface area contributed by atoms with E-state index in [0.717, 1.165) is 27.7 Å². The smallest absolute Gasteiger partial charge is 0.265 e. The molecule has 7 nitrogen and oxygen atoms in total. The van der Waals surface area contributed by atoms with E-state index in [1.807, 2.05) is 44.2 Å². The number of nitrogens with zero attached hydrogens (tertiary/aromatic N) is 2. The molecule has 0 saturated carbocycles. The number of rotatable bonds is 3. The van der Waals surface area contributed by atoms with Crippen LogP contribution in [0.2, 0.25) is 0 Å². The second-order valence-electron chi connectivity index (χ2n) is 8.34. The van der Waals surface area contributed by atoms with Gasteiger partial charge in [-0.15, -0.1) is 0 Å². The maximum Gasteiger partial charge on any atom is 0.265 e. The lowest BCUT2D eigenvalue weighted by atomic mass is 10.0. The van der Waals surface area contributed by atoms with Gasteiger partial charge in [-0.25, -0.2) is 0 Å². The Labute approximate surface area is 186 Å². The number of morpholine rings is 1. The highest BCUT2D eigenvalue weighted by atomic mass is 16.5. The predicted octanol–water partition coefficient (Wildman–Crippen LogP) is 3.25. The molecule has 166 valence electrons. The quantitative estimate of drug-likeness (QED) is 0.633. The van der Waals surface area contributed by atoms with Crippen molar-refractivity contribution >= 4 is 28.5 Å². The summed E-state index contributed by atoms with van der Waals surface area (Å²) in [6.45, 7) is 6.35. The van der Waals surface area contributed by atoms with E-state index >= 15 is 0 Å². The number of para-hydroxylation sites is 2. The van der Waals surface area contributed by atoms with Crippen molar-refractivity contribution in [2.24, 2.45) is 0 Å². The lowest BCUT2D eigenvalue weighted by Gasteiger charge is -2.37. The average Bonchev–Trinajstić information content (AvgIpc) is 3.24. The number of anilines is 1. The van der Waals surface area contributed by atoms with Crippen LogP contribution in [0, 0.1) is 13.8 Å². The molecule has 1 atom stereocenters. The third-order valence-electron chi connectivity index (χ3n) is 6.36. The standard InChI is InChI=1S/C25H26N2O5/c1-16-7-8-19-18(15-31-24(19)17(16)2)13-23(28)27-14-22(25(29)26-9-11-30-12-10-26)32-21-6-4-3-5-20(21)27/h3-8,15,22H,9-14H2,1-2H3/t22-/m1/s1. The summed E-state index contributed by atoms with van der Waals surface area (Å²) in [7, 11) is 0. The molecule has 2 amide bonds. The van der Waals surface area contributed by atoms with Gasteiger partial charge in [0.2, 0.25) is 5.91 Å². The molecule has 1 aromatic heterocycles. The van der Waals surface area contributed by atoms with Crippen LogP contribution >= 0.6 is 0 Å². The monoisotopic (exact) mass is 434 g/mol. The predicted molar refractivity (Wildman–Crippen MR) is 120 cm³/mol. The van der Waals surface area contributed by atoms with Crippen molar-refractivity contribution in [3.63, 3.8) is 0 Å². The molecule has 0 aliphatic carbocycles. The van der Waals surface area contributed by atoms with Gasteiger partial charge in [-0.2, -0.15) is 0 Å². The van der Waals surface area contributed by atoms with E-state index in [1.165, 1.54) is 0 Å². The number of aryl methyl sites for hydroxylation is 2. The Hall–Kier alpha value is -3.32. The number of carbonyl (C=O) groups excluding carboxylic acids is 2. The average molecular weight is 434 g/mol. The van der Waals surface area contributed by atoms with E-state index in [4.69, 9.17) is 13.9 Å². The first-order chi connectivity index (χ1) is 15.5. The molecule has 32 heavy (non-hydrogen) atoms. The zero-order valence-electron chi connectivity index (χ0n) is 18.3. The van der Waals surface area contributed by atoms with Crippen molar-refractivity contribution in [2.45, 2.75) is 26.4 Å². The van der Waals surface area contributed by atoms with Gasteiger partial charge in [0.15, 0.2) is 6.10 Å². The highest BCUT2D eigenvalue weighted by Gasteiger charge is 2.36. The third kappa shape index (κ3) is 3.62. The summed E-state index contributed by atoms with van der Waals surface area (Å²) in [5.74, 6) is 0.337. The van der Waals surface area contributed by atoms with Gasteiger partial charge in [0.05, 0.1) is 38.1 Å². The number of hydrogen-bond acceptors (Lipinski definition) is 5. The van der Waals surface area contributed by atoms with E-state index in [-0.39, 0.29) is 24.8 Å². The summed E-state index contributed by atoms with van der Waals surface area (Å²) in [6, 6.07) is 11.4. The minimum absolute atomic E-state index is 0.0959. The lowest BCUT2D eigenvalue weighted by Crippen LogP contribution is -2.54. The summed E-state index contributed by atoms with van der Waals surface area (Å²) in [5, 5.41) is 0.948. The normalized spacial score (nSPS) is 18.4. The minimum Gasteiger partial charge on any atom is -0.476 e. The first kappa shape index (κ1) is 20.6. The lowest BCUT2D eigenvalue weighted by molar-refractivity contribution is -0.142. The van der Waals surface area contributed by atoms with Crippen molar-refractivity contribution in [2.75, 3.05) is 37.7 Å². The Morgan fingerprint density at radius 3 is 2.66 bits per heavy atom. The molecule has 5 rings (SSSR count). The molecular formula is C25H26N2O5. The molecule has 0 N–H and O–H groups in total. The van der Waals surface area contributed by atoms with Crippen LogP contribution in [0.25, 0.3) is 11.0 Å². The number of hydrogen-bond donors (Lipinski definition) is 0. The number of fused-ring (bicyclic) bond motifs is 2. The fourth-order valence-corrected chi connectivity index (χ4v) is 4.37. The Balaban J connectivity index is 1.42. The molecule has 7 heteroatoms. The van der Waals surface area contributed by atoms with E-state index in [0.29, 0.717) is 37.7 Å². The van der Waals surface area contributed by atoms with Crippen LogP contribution in [0.3, 0.4) is 0 Å². The fourth-order valence-electron chi connectivity index (χ4n) is 4.37. The minimum atomic E-state index is -0.738.